The second kappa shape index (κ2) is 9.15. The normalized spacial score (nSPS) is 18.6. The topological polar surface area (TPSA) is 88.3 Å². The molecule has 0 radical (unpaired) electrons. The van der Waals surface area contributed by atoms with Gasteiger partial charge in [-0.05, 0) is 74.4 Å². The Morgan fingerprint density at radius 2 is 1.82 bits per heavy atom. The Kier molecular flexibility index (Phi) is 5.60. The molecular formula is C29H29FN6O2. The lowest BCUT2D eigenvalue weighted by Crippen LogP contribution is -2.34. The molecule has 0 bridgehead atoms. The number of aryl methyl sites for hydroxylation is 1. The van der Waals surface area contributed by atoms with Crippen molar-refractivity contribution >= 4 is 28.3 Å². The van der Waals surface area contributed by atoms with Crippen LogP contribution in [0.4, 0.5) is 15.9 Å². The van der Waals surface area contributed by atoms with Crippen LogP contribution in [-0.2, 0) is 4.79 Å². The number of aromatic nitrogens is 4. The van der Waals surface area contributed by atoms with Gasteiger partial charge in [0.2, 0.25) is 11.8 Å². The Morgan fingerprint density at radius 3 is 2.55 bits per heavy atom. The Bertz CT molecular complexity index is 1540. The molecule has 2 aliphatic heterocycles. The molecule has 7 rings (SSSR count). The van der Waals surface area contributed by atoms with E-state index < -0.39 is 0 Å². The second-order valence-corrected chi connectivity index (χ2v) is 10.7. The molecular weight excluding hydrogens is 483 g/mol. The van der Waals surface area contributed by atoms with E-state index in [2.05, 4.69) is 25.0 Å². The number of anilines is 2. The van der Waals surface area contributed by atoms with Gasteiger partial charge >= 0.3 is 0 Å². The van der Waals surface area contributed by atoms with Crippen LogP contribution in [0.15, 0.2) is 41.2 Å². The highest BCUT2D eigenvalue weighted by molar-refractivity contribution is 6.01. The van der Waals surface area contributed by atoms with Crippen LogP contribution >= 0.6 is 0 Å². The lowest BCUT2D eigenvalue weighted by atomic mass is 9.95. The van der Waals surface area contributed by atoms with E-state index >= 15 is 4.39 Å². The molecule has 2 saturated heterocycles. The van der Waals surface area contributed by atoms with E-state index in [0.717, 1.165) is 97.2 Å². The predicted molar refractivity (Wildman–Crippen MR) is 142 cm³/mol. The quantitative estimate of drug-likeness (QED) is 0.348. The molecule has 2 aromatic carbocycles. The summed E-state index contributed by atoms with van der Waals surface area (Å²) in [4.78, 5) is 30.1. The fraction of sp³-hybridized carbons (Fsp3) is 0.414. The molecule has 2 aromatic heterocycles. The van der Waals surface area contributed by atoms with E-state index in [0.29, 0.717) is 17.7 Å². The molecule has 0 atom stereocenters. The number of piperidine rings is 1. The summed E-state index contributed by atoms with van der Waals surface area (Å²) in [5, 5.41) is 4.95. The average Bonchev–Trinajstić information content (AvgIpc) is 3.50. The van der Waals surface area contributed by atoms with Gasteiger partial charge in [-0.15, -0.1) is 0 Å². The maximum absolute atomic E-state index is 15.0. The zero-order valence-electron chi connectivity index (χ0n) is 21.4. The SMILES string of the molecule is Cc1cc(N2CCCC2=O)ccc1-c1cc(F)cc2c(N3CCC(c4noc(C5CC5)n4)CC3)ncnc12. The largest absolute Gasteiger partial charge is 0.356 e. The third-order valence-electron chi connectivity index (χ3n) is 8.11. The molecule has 0 spiro atoms. The van der Waals surface area contributed by atoms with Crippen molar-refractivity contribution in [3.05, 3.63) is 59.8 Å². The zero-order chi connectivity index (χ0) is 25.8. The van der Waals surface area contributed by atoms with Crippen molar-refractivity contribution in [3.8, 4) is 11.1 Å². The smallest absolute Gasteiger partial charge is 0.229 e. The molecule has 38 heavy (non-hydrogen) atoms. The number of fused-ring (bicyclic) bond motifs is 1. The first-order valence-electron chi connectivity index (χ1n) is 13.5. The molecule has 9 heteroatoms. The third kappa shape index (κ3) is 4.10. The molecule has 8 nitrogen and oxygen atoms in total. The molecule has 1 amide bonds. The van der Waals surface area contributed by atoms with Gasteiger partial charge in [0.1, 0.15) is 18.0 Å². The number of nitrogens with zero attached hydrogens (tertiary/aromatic N) is 6. The monoisotopic (exact) mass is 512 g/mol. The molecule has 3 fully saturated rings. The van der Waals surface area contributed by atoms with Crippen LogP contribution in [0.25, 0.3) is 22.0 Å². The molecule has 0 N–H and O–H groups in total. The molecule has 4 aromatic rings. The Balaban J connectivity index is 1.18. The first-order valence-corrected chi connectivity index (χ1v) is 13.5. The van der Waals surface area contributed by atoms with Gasteiger partial charge in [0.05, 0.1) is 5.52 Å². The van der Waals surface area contributed by atoms with Crippen LogP contribution in [-0.4, -0.2) is 45.7 Å². The first kappa shape index (κ1) is 23.3. The Labute approximate surface area is 219 Å². The summed E-state index contributed by atoms with van der Waals surface area (Å²) in [7, 11) is 0. The number of carbonyl (C=O) groups excluding carboxylic acids is 1. The Hall–Kier alpha value is -3.88. The zero-order valence-corrected chi connectivity index (χ0v) is 21.4. The minimum absolute atomic E-state index is 0.150. The van der Waals surface area contributed by atoms with Crippen LogP contribution in [0, 0.1) is 12.7 Å². The van der Waals surface area contributed by atoms with Crippen molar-refractivity contribution in [1.82, 2.24) is 20.1 Å². The van der Waals surface area contributed by atoms with Crippen LogP contribution in [0.2, 0.25) is 0 Å². The van der Waals surface area contributed by atoms with Crippen molar-refractivity contribution < 1.29 is 13.7 Å². The predicted octanol–water partition coefficient (Wildman–Crippen LogP) is 5.52. The van der Waals surface area contributed by atoms with Crippen molar-refractivity contribution in [1.29, 1.82) is 0 Å². The van der Waals surface area contributed by atoms with Crippen molar-refractivity contribution in [2.45, 2.75) is 57.3 Å². The molecule has 4 heterocycles. The number of halogens is 1. The summed E-state index contributed by atoms with van der Waals surface area (Å²) in [5.74, 6) is 2.87. The van der Waals surface area contributed by atoms with Gasteiger partial charge in [0.15, 0.2) is 5.82 Å². The highest BCUT2D eigenvalue weighted by Crippen LogP contribution is 2.41. The lowest BCUT2D eigenvalue weighted by molar-refractivity contribution is -0.117. The summed E-state index contributed by atoms with van der Waals surface area (Å²) >= 11 is 0. The van der Waals surface area contributed by atoms with Crippen molar-refractivity contribution in [2.24, 2.45) is 0 Å². The standard InChI is InChI=1S/C29H29FN6O2/c1-17-13-21(36-10-2-3-25(36)37)6-7-22(17)23-14-20(30)15-24-26(23)31-16-32-28(24)35-11-8-18(9-12-35)27-33-29(38-34-27)19-4-5-19/h6-7,13-16,18-19H,2-5,8-12H2,1H3. The van der Waals surface area contributed by atoms with Crippen LogP contribution in [0.1, 0.15) is 67.6 Å². The van der Waals surface area contributed by atoms with Crippen molar-refractivity contribution in [3.63, 3.8) is 0 Å². The summed E-state index contributed by atoms with van der Waals surface area (Å²) in [6.45, 7) is 4.28. The molecule has 0 unspecified atom stereocenters. The maximum Gasteiger partial charge on any atom is 0.229 e. The third-order valence-corrected chi connectivity index (χ3v) is 8.11. The second-order valence-electron chi connectivity index (χ2n) is 10.7. The van der Waals surface area contributed by atoms with Gasteiger partial charge < -0.3 is 14.3 Å². The minimum atomic E-state index is -0.323. The number of carbonyl (C=O) groups is 1. The van der Waals surface area contributed by atoms with Gasteiger partial charge in [-0.1, -0.05) is 11.2 Å². The number of hydrogen-bond acceptors (Lipinski definition) is 7. The fourth-order valence-corrected chi connectivity index (χ4v) is 5.87. The van der Waals surface area contributed by atoms with E-state index in [1.807, 2.05) is 30.0 Å². The number of hydrogen-bond donors (Lipinski definition) is 0. The number of benzene rings is 2. The minimum Gasteiger partial charge on any atom is -0.356 e. The Morgan fingerprint density at radius 1 is 0.974 bits per heavy atom. The number of amides is 1. The maximum atomic E-state index is 15.0. The molecule has 3 aliphatic rings. The van der Waals surface area contributed by atoms with Crippen LogP contribution < -0.4 is 9.80 Å². The van der Waals surface area contributed by atoms with Crippen LogP contribution in [0.5, 0.6) is 0 Å². The first-order chi connectivity index (χ1) is 18.5. The molecule has 1 saturated carbocycles. The lowest BCUT2D eigenvalue weighted by Gasteiger charge is -2.32. The molecule has 194 valence electrons. The summed E-state index contributed by atoms with van der Waals surface area (Å²) < 4.78 is 20.5. The van der Waals surface area contributed by atoms with Gasteiger partial charge in [-0.2, -0.15) is 4.98 Å². The number of rotatable bonds is 5. The van der Waals surface area contributed by atoms with Gasteiger partial charge in [0.25, 0.3) is 0 Å². The summed E-state index contributed by atoms with van der Waals surface area (Å²) in [6, 6.07) is 9.01. The summed E-state index contributed by atoms with van der Waals surface area (Å²) in [6.07, 6.45) is 7.08. The highest BCUT2D eigenvalue weighted by Gasteiger charge is 2.32. The highest BCUT2D eigenvalue weighted by atomic mass is 19.1. The van der Waals surface area contributed by atoms with Gasteiger partial charge in [-0.25, -0.2) is 14.4 Å². The fourth-order valence-electron chi connectivity index (χ4n) is 5.87. The van der Waals surface area contributed by atoms with Crippen LogP contribution in [0.3, 0.4) is 0 Å². The van der Waals surface area contributed by atoms with Gasteiger partial charge in [0, 0.05) is 54.5 Å². The van der Waals surface area contributed by atoms with E-state index in [9.17, 15) is 4.79 Å². The van der Waals surface area contributed by atoms with E-state index in [1.165, 1.54) is 6.07 Å². The summed E-state index contributed by atoms with van der Waals surface area (Å²) in [5.41, 5.74) is 4.21. The average molecular weight is 513 g/mol. The van der Waals surface area contributed by atoms with E-state index in [-0.39, 0.29) is 17.6 Å². The van der Waals surface area contributed by atoms with E-state index in [1.54, 1.807) is 12.4 Å². The molecule has 1 aliphatic carbocycles. The van der Waals surface area contributed by atoms with E-state index in [4.69, 9.17) is 4.52 Å². The van der Waals surface area contributed by atoms with Gasteiger partial charge in [-0.3, -0.25) is 4.79 Å². The van der Waals surface area contributed by atoms with Crippen molar-refractivity contribution in [2.75, 3.05) is 29.4 Å².